The van der Waals surface area contributed by atoms with E-state index in [1.54, 1.807) is 6.20 Å². The molecule has 0 saturated heterocycles. The van der Waals surface area contributed by atoms with Crippen molar-refractivity contribution in [3.8, 4) is 5.69 Å². The Bertz CT molecular complexity index is 1060. The van der Waals surface area contributed by atoms with E-state index >= 15 is 0 Å². The molecule has 0 radical (unpaired) electrons. The molecule has 2 aromatic carbocycles. The molecule has 5 heteroatoms. The number of hydrogen-bond donors (Lipinski definition) is 0. The van der Waals surface area contributed by atoms with Gasteiger partial charge in [-0.2, -0.15) is 9.78 Å². The maximum Gasteiger partial charge on any atom is 0.296 e. The first-order valence-corrected chi connectivity index (χ1v) is 7.68. The standard InChI is InChI=1S/C17H12BrN3O/c1-20-14-9-5-8-13(18)15(14)12-10-19-21(17(22)16(12)20)11-6-3-2-4-7-11/h2-10H,1H3. The topological polar surface area (TPSA) is 39.8 Å². The van der Waals surface area contributed by atoms with Gasteiger partial charge in [0.25, 0.3) is 5.56 Å². The normalized spacial score (nSPS) is 11.4. The summed E-state index contributed by atoms with van der Waals surface area (Å²) in [6.07, 6.45) is 1.76. The van der Waals surface area contributed by atoms with Crippen molar-refractivity contribution in [1.82, 2.24) is 14.3 Å². The molecule has 4 rings (SSSR count). The first-order chi connectivity index (χ1) is 10.7. The fourth-order valence-corrected chi connectivity index (χ4v) is 3.45. The summed E-state index contributed by atoms with van der Waals surface area (Å²) in [5, 5.41) is 6.23. The highest BCUT2D eigenvalue weighted by Gasteiger charge is 2.16. The lowest BCUT2D eigenvalue weighted by Crippen LogP contribution is -2.22. The van der Waals surface area contributed by atoms with Gasteiger partial charge in [-0.1, -0.05) is 40.2 Å². The Labute approximate surface area is 134 Å². The van der Waals surface area contributed by atoms with Crippen molar-refractivity contribution in [2.45, 2.75) is 0 Å². The van der Waals surface area contributed by atoms with Crippen LogP contribution in [0.25, 0.3) is 27.5 Å². The lowest BCUT2D eigenvalue weighted by atomic mass is 10.2. The predicted molar refractivity (Wildman–Crippen MR) is 91.5 cm³/mol. The summed E-state index contributed by atoms with van der Waals surface area (Å²) in [5.41, 5.74) is 2.31. The summed E-state index contributed by atoms with van der Waals surface area (Å²) < 4.78 is 4.34. The largest absolute Gasteiger partial charge is 0.339 e. The average Bonchev–Trinajstić information content (AvgIpc) is 2.84. The molecule has 0 atom stereocenters. The summed E-state index contributed by atoms with van der Waals surface area (Å²) in [6.45, 7) is 0. The lowest BCUT2D eigenvalue weighted by Gasteiger charge is -2.04. The van der Waals surface area contributed by atoms with Crippen LogP contribution in [0.5, 0.6) is 0 Å². The number of rotatable bonds is 1. The lowest BCUT2D eigenvalue weighted by molar-refractivity contribution is 0.811. The number of fused-ring (bicyclic) bond motifs is 3. The van der Waals surface area contributed by atoms with E-state index in [9.17, 15) is 4.79 Å². The number of para-hydroxylation sites is 1. The number of hydrogen-bond acceptors (Lipinski definition) is 2. The number of benzene rings is 2. The molecule has 0 unspecified atom stereocenters. The van der Waals surface area contributed by atoms with Crippen LogP contribution in [0.2, 0.25) is 0 Å². The third-order valence-electron chi connectivity index (χ3n) is 3.91. The van der Waals surface area contributed by atoms with Gasteiger partial charge in [0.15, 0.2) is 0 Å². The summed E-state index contributed by atoms with van der Waals surface area (Å²) in [7, 11) is 1.91. The average molecular weight is 354 g/mol. The van der Waals surface area contributed by atoms with E-state index in [-0.39, 0.29) is 5.56 Å². The van der Waals surface area contributed by atoms with Gasteiger partial charge in [-0.25, -0.2) is 0 Å². The Morgan fingerprint density at radius 3 is 2.59 bits per heavy atom. The van der Waals surface area contributed by atoms with Crippen LogP contribution < -0.4 is 5.56 Å². The Morgan fingerprint density at radius 1 is 1.05 bits per heavy atom. The van der Waals surface area contributed by atoms with Crippen LogP contribution >= 0.6 is 15.9 Å². The van der Waals surface area contributed by atoms with Gasteiger partial charge in [-0.15, -0.1) is 0 Å². The minimum atomic E-state index is -0.116. The van der Waals surface area contributed by atoms with Gasteiger partial charge in [0, 0.05) is 22.3 Å². The monoisotopic (exact) mass is 353 g/mol. The quantitative estimate of drug-likeness (QED) is 0.524. The third kappa shape index (κ3) is 1.75. The molecule has 0 aliphatic carbocycles. The molecule has 0 N–H and O–H groups in total. The SMILES string of the molecule is Cn1c2cccc(Br)c2c2cnn(-c3ccccc3)c(=O)c21. The molecule has 0 aliphatic heterocycles. The summed E-state index contributed by atoms with van der Waals surface area (Å²) in [5.74, 6) is 0. The van der Waals surface area contributed by atoms with E-state index in [2.05, 4.69) is 21.0 Å². The molecule has 2 aromatic heterocycles. The molecule has 0 fully saturated rings. The highest BCUT2D eigenvalue weighted by Crippen LogP contribution is 2.31. The minimum Gasteiger partial charge on any atom is -0.339 e. The molecule has 0 aliphatic rings. The zero-order chi connectivity index (χ0) is 15.3. The molecule has 22 heavy (non-hydrogen) atoms. The number of aromatic nitrogens is 3. The minimum absolute atomic E-state index is 0.116. The van der Waals surface area contributed by atoms with Gasteiger partial charge in [0.2, 0.25) is 0 Å². The highest BCUT2D eigenvalue weighted by molar-refractivity contribution is 9.10. The van der Waals surface area contributed by atoms with E-state index in [1.807, 2.05) is 60.1 Å². The van der Waals surface area contributed by atoms with Crippen LogP contribution in [-0.4, -0.2) is 14.3 Å². The van der Waals surface area contributed by atoms with E-state index in [0.717, 1.165) is 26.4 Å². The highest BCUT2D eigenvalue weighted by atomic mass is 79.9. The van der Waals surface area contributed by atoms with Crippen molar-refractivity contribution < 1.29 is 0 Å². The van der Waals surface area contributed by atoms with Crippen LogP contribution in [0.3, 0.4) is 0 Å². The second-order valence-electron chi connectivity index (χ2n) is 5.15. The van der Waals surface area contributed by atoms with Crippen LogP contribution in [-0.2, 0) is 7.05 Å². The van der Waals surface area contributed by atoms with E-state index in [4.69, 9.17) is 0 Å². The van der Waals surface area contributed by atoms with Crippen molar-refractivity contribution in [2.75, 3.05) is 0 Å². The van der Waals surface area contributed by atoms with Crippen molar-refractivity contribution in [3.63, 3.8) is 0 Å². The van der Waals surface area contributed by atoms with Gasteiger partial charge in [0.1, 0.15) is 5.52 Å². The molecule has 108 valence electrons. The zero-order valence-corrected chi connectivity index (χ0v) is 13.4. The van der Waals surface area contributed by atoms with E-state index < -0.39 is 0 Å². The van der Waals surface area contributed by atoms with Crippen LogP contribution in [0.1, 0.15) is 0 Å². The number of aryl methyl sites for hydroxylation is 1. The van der Waals surface area contributed by atoms with Gasteiger partial charge >= 0.3 is 0 Å². The molecule has 0 amide bonds. The Hall–Kier alpha value is -2.40. The fraction of sp³-hybridized carbons (Fsp3) is 0.0588. The summed E-state index contributed by atoms with van der Waals surface area (Å²) in [4.78, 5) is 12.9. The number of nitrogens with zero attached hydrogens (tertiary/aromatic N) is 3. The van der Waals surface area contributed by atoms with Crippen molar-refractivity contribution in [1.29, 1.82) is 0 Å². The third-order valence-corrected chi connectivity index (χ3v) is 4.57. The Balaban J connectivity index is 2.17. The number of halogens is 1. The molecule has 0 saturated carbocycles. The van der Waals surface area contributed by atoms with Crippen molar-refractivity contribution in [3.05, 3.63) is 69.6 Å². The molecule has 0 spiro atoms. The fourth-order valence-electron chi connectivity index (χ4n) is 2.88. The summed E-state index contributed by atoms with van der Waals surface area (Å²) in [6, 6.07) is 15.4. The first kappa shape index (κ1) is 13.3. The van der Waals surface area contributed by atoms with Crippen LogP contribution in [0, 0.1) is 0 Å². The Kier molecular flexibility index (Phi) is 2.90. The molecule has 2 heterocycles. The predicted octanol–water partition coefficient (Wildman–Crippen LogP) is 3.64. The van der Waals surface area contributed by atoms with Gasteiger partial charge in [0.05, 0.1) is 17.4 Å². The van der Waals surface area contributed by atoms with Gasteiger partial charge in [-0.3, -0.25) is 4.79 Å². The van der Waals surface area contributed by atoms with Gasteiger partial charge < -0.3 is 4.57 Å². The molecular formula is C17H12BrN3O. The smallest absolute Gasteiger partial charge is 0.296 e. The van der Waals surface area contributed by atoms with Crippen LogP contribution in [0.4, 0.5) is 0 Å². The first-order valence-electron chi connectivity index (χ1n) is 6.89. The van der Waals surface area contributed by atoms with Gasteiger partial charge in [-0.05, 0) is 24.3 Å². The van der Waals surface area contributed by atoms with E-state index in [0.29, 0.717) is 5.52 Å². The second-order valence-corrected chi connectivity index (χ2v) is 6.01. The summed E-state index contributed by atoms with van der Waals surface area (Å²) >= 11 is 3.57. The van der Waals surface area contributed by atoms with Crippen molar-refractivity contribution >= 4 is 37.7 Å². The molecule has 4 nitrogen and oxygen atoms in total. The maximum atomic E-state index is 12.9. The van der Waals surface area contributed by atoms with E-state index in [1.165, 1.54) is 4.68 Å². The van der Waals surface area contributed by atoms with Crippen LogP contribution in [0.15, 0.2) is 64.0 Å². The molecule has 4 aromatic rings. The second kappa shape index (κ2) is 4.81. The zero-order valence-electron chi connectivity index (χ0n) is 11.8. The maximum absolute atomic E-state index is 12.9. The molecular weight excluding hydrogens is 342 g/mol. The van der Waals surface area contributed by atoms with Crippen molar-refractivity contribution in [2.24, 2.45) is 7.05 Å². The molecule has 0 bridgehead atoms. The Morgan fingerprint density at radius 2 is 1.82 bits per heavy atom.